The molecular weight excluding hydrogens is 606 g/mol. The molecule has 9 nitrogen and oxygen atoms in total. The van der Waals surface area contributed by atoms with Crippen molar-refractivity contribution in [2.75, 3.05) is 0 Å². The molecule has 0 bridgehead atoms. The lowest BCUT2D eigenvalue weighted by atomic mass is 9.88. The number of benzene rings is 2. The van der Waals surface area contributed by atoms with Gasteiger partial charge in [-0.25, -0.2) is 9.59 Å². The van der Waals surface area contributed by atoms with E-state index < -0.39 is 58.7 Å². The van der Waals surface area contributed by atoms with Crippen LogP contribution >= 0.6 is 0 Å². The molecule has 0 saturated carbocycles. The van der Waals surface area contributed by atoms with Crippen molar-refractivity contribution >= 4 is 23.9 Å². The van der Waals surface area contributed by atoms with Gasteiger partial charge in [-0.05, 0) is 84.9 Å². The average Bonchev–Trinajstić information content (AvgIpc) is 3.00. The van der Waals surface area contributed by atoms with Crippen molar-refractivity contribution in [3.05, 3.63) is 71.3 Å². The van der Waals surface area contributed by atoms with Crippen LogP contribution in [0.25, 0.3) is 0 Å². The van der Waals surface area contributed by atoms with E-state index in [-0.39, 0.29) is 12.3 Å². The first-order valence-electron chi connectivity index (χ1n) is 16.7. The van der Waals surface area contributed by atoms with Crippen LogP contribution < -0.4 is 10.6 Å². The molecule has 2 rings (SSSR count). The summed E-state index contributed by atoms with van der Waals surface area (Å²) in [4.78, 5) is 57.8. The predicted molar refractivity (Wildman–Crippen MR) is 189 cm³/mol. The Kier molecular flexibility index (Phi) is 13.8. The summed E-state index contributed by atoms with van der Waals surface area (Å²) in [6.45, 7) is 19.9. The van der Waals surface area contributed by atoms with Gasteiger partial charge in [0.25, 0.3) is 0 Å². The maximum Gasteiger partial charge on any atom is 0.408 e. The van der Waals surface area contributed by atoms with Gasteiger partial charge in [-0.3, -0.25) is 9.59 Å². The summed E-state index contributed by atoms with van der Waals surface area (Å²) >= 11 is 0. The zero-order chi connectivity index (χ0) is 36.4. The molecule has 48 heavy (non-hydrogen) atoms. The van der Waals surface area contributed by atoms with E-state index in [0.29, 0.717) is 24.0 Å². The van der Waals surface area contributed by atoms with E-state index in [2.05, 4.69) is 16.6 Å². The fourth-order valence-electron chi connectivity index (χ4n) is 5.14. The predicted octanol–water partition coefficient (Wildman–Crippen LogP) is 6.73. The highest BCUT2D eigenvalue weighted by atomic mass is 16.6. The number of terminal acetylenes is 1. The van der Waals surface area contributed by atoms with Gasteiger partial charge >= 0.3 is 12.1 Å². The maximum atomic E-state index is 14.9. The Morgan fingerprint density at radius 3 is 1.92 bits per heavy atom. The van der Waals surface area contributed by atoms with Crippen molar-refractivity contribution in [2.45, 2.75) is 130 Å². The minimum Gasteiger partial charge on any atom is -0.458 e. The minimum absolute atomic E-state index is 0.159. The number of hydrogen-bond acceptors (Lipinski definition) is 6. The number of carbonyl (C=O) groups is 4. The molecule has 0 aromatic heterocycles. The van der Waals surface area contributed by atoms with Gasteiger partial charge in [0.2, 0.25) is 11.8 Å². The second-order valence-electron chi connectivity index (χ2n) is 14.8. The third-order valence-electron chi connectivity index (χ3n) is 8.11. The number of nitrogens with zero attached hydrogens (tertiary/aromatic N) is 1. The molecule has 4 atom stereocenters. The Balaban J connectivity index is 2.78. The van der Waals surface area contributed by atoms with Crippen LogP contribution in [0.15, 0.2) is 54.6 Å². The summed E-state index contributed by atoms with van der Waals surface area (Å²) in [6.07, 6.45) is 6.38. The second-order valence-corrected chi connectivity index (χ2v) is 14.8. The van der Waals surface area contributed by atoms with E-state index in [0.717, 1.165) is 5.56 Å². The first kappa shape index (κ1) is 39.9. The Bertz CT molecular complexity index is 1450. The number of hydrogen-bond donors (Lipinski definition) is 2. The van der Waals surface area contributed by atoms with Gasteiger partial charge in [-0.15, -0.1) is 6.42 Å². The van der Waals surface area contributed by atoms with E-state index in [1.807, 2.05) is 65.0 Å². The number of ether oxygens (including phenoxy) is 2. The van der Waals surface area contributed by atoms with E-state index in [4.69, 9.17) is 15.9 Å². The third kappa shape index (κ3) is 11.4. The van der Waals surface area contributed by atoms with Crippen LogP contribution in [0, 0.1) is 18.3 Å². The summed E-state index contributed by atoms with van der Waals surface area (Å²) in [5.41, 5.74) is -0.874. The number of esters is 1. The van der Waals surface area contributed by atoms with E-state index in [1.165, 1.54) is 4.90 Å². The van der Waals surface area contributed by atoms with Crippen LogP contribution in [-0.2, 0) is 30.3 Å². The van der Waals surface area contributed by atoms with Crippen molar-refractivity contribution in [2.24, 2.45) is 5.92 Å². The van der Waals surface area contributed by atoms with Crippen LogP contribution in [0.2, 0.25) is 0 Å². The average molecular weight is 662 g/mol. The van der Waals surface area contributed by atoms with Gasteiger partial charge in [-0.1, -0.05) is 81.6 Å². The molecule has 0 aliphatic rings. The minimum atomic E-state index is -1.27. The summed E-state index contributed by atoms with van der Waals surface area (Å²) in [5.74, 6) is 0.640. The molecule has 262 valence electrons. The number of amides is 3. The highest BCUT2D eigenvalue weighted by molar-refractivity contribution is 5.95. The molecule has 2 aromatic rings. The van der Waals surface area contributed by atoms with Crippen LogP contribution in [-0.4, -0.2) is 57.6 Å². The zero-order valence-electron chi connectivity index (χ0n) is 30.6. The van der Waals surface area contributed by atoms with E-state index >= 15 is 0 Å². The largest absolute Gasteiger partial charge is 0.458 e. The number of nitrogens with one attached hydrogen (secondary N) is 2. The van der Waals surface area contributed by atoms with Crippen molar-refractivity contribution in [3.8, 4) is 12.3 Å². The van der Waals surface area contributed by atoms with Gasteiger partial charge in [-0.2, -0.15) is 0 Å². The SMILES string of the molecule is C#Cc1ccccc1C(C(=O)NC(Cc1ccccc1)C(=O)OC(C)(C)C)N(C(=O)C(NC(=O)OC(C)(C)C)C(C)CC)C(C)(C)CC. The highest BCUT2D eigenvalue weighted by Gasteiger charge is 2.45. The third-order valence-corrected chi connectivity index (χ3v) is 8.11. The smallest absolute Gasteiger partial charge is 0.408 e. The van der Waals surface area contributed by atoms with Gasteiger partial charge in [0.15, 0.2) is 0 Å². The standard InChI is InChI=1S/C39H55N3O6/c1-13-26(4)31(41-36(46)48-38(8,9)10)34(44)42(39(11,12)15-3)32(29-24-20-19-23-28(29)14-2)33(43)40-30(35(45)47-37(5,6)7)25-27-21-17-16-18-22-27/h2,16-24,26,30-32H,13,15,25H2,1,3-12H3,(H,40,43)(H,41,46). The molecule has 0 aliphatic carbocycles. The van der Waals surface area contributed by atoms with Crippen molar-refractivity contribution in [1.82, 2.24) is 15.5 Å². The lowest BCUT2D eigenvalue weighted by molar-refractivity contribution is -0.159. The Morgan fingerprint density at radius 1 is 0.833 bits per heavy atom. The van der Waals surface area contributed by atoms with Crippen LogP contribution in [0.5, 0.6) is 0 Å². The quantitative estimate of drug-likeness (QED) is 0.182. The fourth-order valence-corrected chi connectivity index (χ4v) is 5.14. The summed E-state index contributed by atoms with van der Waals surface area (Å²) in [7, 11) is 0. The molecule has 0 saturated heterocycles. The van der Waals surface area contributed by atoms with Gasteiger partial charge in [0, 0.05) is 17.5 Å². The fraction of sp³-hybridized carbons (Fsp3) is 0.538. The molecular formula is C39H55N3O6. The maximum absolute atomic E-state index is 14.9. The van der Waals surface area contributed by atoms with Gasteiger partial charge < -0.3 is 25.0 Å². The lowest BCUT2D eigenvalue weighted by Gasteiger charge is -2.45. The Labute approximate surface area is 287 Å². The van der Waals surface area contributed by atoms with Crippen LogP contribution in [0.1, 0.15) is 112 Å². The number of rotatable bonds is 13. The number of alkyl carbamates (subject to hydrolysis) is 1. The van der Waals surface area contributed by atoms with Crippen LogP contribution in [0.3, 0.4) is 0 Å². The van der Waals surface area contributed by atoms with Crippen LogP contribution in [0.4, 0.5) is 4.79 Å². The van der Waals surface area contributed by atoms with Crippen molar-refractivity contribution in [1.29, 1.82) is 0 Å². The Morgan fingerprint density at radius 2 is 1.40 bits per heavy atom. The van der Waals surface area contributed by atoms with E-state index in [1.54, 1.807) is 65.8 Å². The monoisotopic (exact) mass is 661 g/mol. The normalized spacial score (nSPS) is 14.4. The van der Waals surface area contributed by atoms with E-state index in [9.17, 15) is 19.2 Å². The molecule has 9 heteroatoms. The molecule has 0 spiro atoms. The molecule has 2 aromatic carbocycles. The summed E-state index contributed by atoms with van der Waals surface area (Å²) in [6, 6.07) is 12.9. The van der Waals surface area contributed by atoms with Gasteiger partial charge in [0.1, 0.15) is 29.3 Å². The second kappa shape index (κ2) is 16.7. The molecule has 0 radical (unpaired) electrons. The highest BCUT2D eigenvalue weighted by Crippen LogP contribution is 2.35. The molecule has 3 amide bonds. The summed E-state index contributed by atoms with van der Waals surface area (Å²) in [5, 5.41) is 5.73. The van der Waals surface area contributed by atoms with Gasteiger partial charge in [0.05, 0.1) is 0 Å². The first-order valence-corrected chi connectivity index (χ1v) is 16.7. The first-order chi connectivity index (χ1) is 22.2. The topological polar surface area (TPSA) is 114 Å². The molecule has 4 unspecified atom stereocenters. The number of carbonyl (C=O) groups excluding carboxylic acids is 4. The molecule has 0 aliphatic heterocycles. The molecule has 2 N–H and O–H groups in total. The Hall–Kier alpha value is -4.32. The van der Waals surface area contributed by atoms with Crippen molar-refractivity contribution in [3.63, 3.8) is 0 Å². The molecule has 0 heterocycles. The lowest BCUT2D eigenvalue weighted by Crippen LogP contribution is -2.61. The zero-order valence-corrected chi connectivity index (χ0v) is 30.6. The van der Waals surface area contributed by atoms with Crippen molar-refractivity contribution < 1.29 is 28.7 Å². The molecule has 0 fully saturated rings. The summed E-state index contributed by atoms with van der Waals surface area (Å²) < 4.78 is 11.3.